The van der Waals surface area contributed by atoms with Crippen LogP contribution in [0, 0.1) is 0 Å². The lowest BCUT2D eigenvalue weighted by Crippen LogP contribution is -2.50. The van der Waals surface area contributed by atoms with Gasteiger partial charge in [0.2, 0.25) is 0 Å². The van der Waals surface area contributed by atoms with Crippen molar-refractivity contribution >= 4 is 57.2 Å². The minimum Gasteiger partial charge on any atom is -0.490 e. The lowest BCUT2D eigenvalue weighted by atomic mass is 10.1. The van der Waals surface area contributed by atoms with Gasteiger partial charge in [-0.1, -0.05) is 53.5 Å². The van der Waals surface area contributed by atoms with E-state index in [0.29, 0.717) is 38.9 Å². The van der Waals surface area contributed by atoms with Crippen molar-refractivity contribution in [3.05, 3.63) is 86.3 Å². The van der Waals surface area contributed by atoms with Crippen LogP contribution >= 0.6 is 39.1 Å². The fraction of sp³-hybridized carbons (Fsp3) is 0.300. The molecule has 0 saturated carbocycles. The van der Waals surface area contributed by atoms with Gasteiger partial charge in [0.15, 0.2) is 17.6 Å². The Kier molecular flexibility index (Phi) is 12.3. The lowest BCUT2D eigenvalue weighted by Gasteiger charge is -2.21. The molecule has 218 valence electrons. The highest BCUT2D eigenvalue weighted by molar-refractivity contribution is 9.10. The van der Waals surface area contributed by atoms with Crippen LogP contribution in [0.1, 0.15) is 38.8 Å². The molecule has 0 heterocycles. The molecular formula is C30H32BrCl2N3O5. The highest BCUT2D eigenvalue weighted by atomic mass is 79.9. The Morgan fingerprint density at radius 1 is 0.976 bits per heavy atom. The topological polar surface area (TPSA) is 98.2 Å². The van der Waals surface area contributed by atoms with Crippen LogP contribution in [0.3, 0.4) is 0 Å². The summed E-state index contributed by atoms with van der Waals surface area (Å²) in [6, 6.07) is 16.7. The first-order valence-corrected chi connectivity index (χ1v) is 14.5. The van der Waals surface area contributed by atoms with Crippen LogP contribution in [0.2, 0.25) is 10.0 Å². The predicted octanol–water partition coefficient (Wildman–Crippen LogP) is 6.59. The molecule has 3 aromatic rings. The summed E-state index contributed by atoms with van der Waals surface area (Å²) in [5, 5.41) is 7.60. The second-order valence-electron chi connectivity index (χ2n) is 9.25. The molecule has 11 heteroatoms. The van der Waals surface area contributed by atoms with Crippen LogP contribution < -0.4 is 25.0 Å². The number of ether oxygens (including phenoxy) is 3. The average molecular weight is 665 g/mol. The molecule has 0 aromatic heterocycles. The van der Waals surface area contributed by atoms with Crippen molar-refractivity contribution in [1.82, 2.24) is 10.7 Å². The number of rotatable bonds is 13. The summed E-state index contributed by atoms with van der Waals surface area (Å²) in [5.41, 5.74) is 4.06. The SMILES string of the molecule is CCOc1cc(/C=N\NC(=O)[C@@H](Cc2ccccc2)NC(=O)[C@@H](C)Oc2ccc(Cl)cc2Cl)cc(Br)c1OC(C)C. The molecule has 0 aliphatic heterocycles. The van der Waals surface area contributed by atoms with E-state index in [0.717, 1.165) is 5.56 Å². The van der Waals surface area contributed by atoms with Gasteiger partial charge < -0.3 is 19.5 Å². The molecule has 2 amide bonds. The summed E-state index contributed by atoms with van der Waals surface area (Å²) in [5.74, 6) is 0.438. The first-order valence-electron chi connectivity index (χ1n) is 13.0. The Labute approximate surface area is 258 Å². The molecule has 0 aliphatic carbocycles. The Balaban J connectivity index is 1.74. The van der Waals surface area contributed by atoms with Crippen molar-refractivity contribution in [3.63, 3.8) is 0 Å². The molecule has 0 aliphatic rings. The van der Waals surface area contributed by atoms with Crippen LogP contribution in [0.25, 0.3) is 0 Å². The van der Waals surface area contributed by atoms with Crippen LogP contribution in [-0.2, 0) is 16.0 Å². The third kappa shape index (κ3) is 9.95. The number of hydrogen-bond donors (Lipinski definition) is 2. The number of halogens is 3. The van der Waals surface area contributed by atoms with Gasteiger partial charge in [0.25, 0.3) is 11.8 Å². The number of hydrogen-bond acceptors (Lipinski definition) is 6. The molecule has 0 bridgehead atoms. The summed E-state index contributed by atoms with van der Waals surface area (Å²) < 4.78 is 18.0. The van der Waals surface area contributed by atoms with E-state index in [4.69, 9.17) is 37.4 Å². The van der Waals surface area contributed by atoms with Gasteiger partial charge in [-0.2, -0.15) is 5.10 Å². The Morgan fingerprint density at radius 2 is 1.71 bits per heavy atom. The molecular weight excluding hydrogens is 633 g/mol. The van der Waals surface area contributed by atoms with Gasteiger partial charge in [0, 0.05) is 11.4 Å². The van der Waals surface area contributed by atoms with Crippen LogP contribution in [0.15, 0.2) is 70.2 Å². The summed E-state index contributed by atoms with van der Waals surface area (Å²) in [6.45, 7) is 7.75. The van der Waals surface area contributed by atoms with Gasteiger partial charge in [-0.3, -0.25) is 9.59 Å². The quantitative estimate of drug-likeness (QED) is 0.159. The number of carbonyl (C=O) groups is 2. The van der Waals surface area contributed by atoms with Crippen molar-refractivity contribution < 1.29 is 23.8 Å². The van der Waals surface area contributed by atoms with E-state index in [9.17, 15) is 9.59 Å². The molecule has 2 N–H and O–H groups in total. The van der Waals surface area contributed by atoms with Gasteiger partial charge in [-0.05, 0) is 85.1 Å². The monoisotopic (exact) mass is 663 g/mol. The van der Waals surface area contributed by atoms with E-state index < -0.39 is 24.0 Å². The lowest BCUT2D eigenvalue weighted by molar-refractivity contribution is -0.132. The summed E-state index contributed by atoms with van der Waals surface area (Å²) in [7, 11) is 0. The van der Waals surface area contributed by atoms with Gasteiger partial charge in [-0.25, -0.2) is 5.43 Å². The maximum Gasteiger partial charge on any atom is 0.262 e. The number of nitrogens with zero attached hydrogens (tertiary/aromatic N) is 1. The molecule has 0 saturated heterocycles. The summed E-state index contributed by atoms with van der Waals surface area (Å²) in [6.07, 6.45) is 0.741. The number of nitrogens with one attached hydrogen (secondary N) is 2. The minimum absolute atomic E-state index is 0.0441. The number of carbonyl (C=O) groups excluding carboxylic acids is 2. The van der Waals surface area contributed by atoms with E-state index in [-0.39, 0.29) is 17.5 Å². The van der Waals surface area contributed by atoms with E-state index in [2.05, 4.69) is 31.8 Å². The molecule has 2 atom stereocenters. The third-order valence-corrected chi connectivity index (χ3v) is 6.68. The highest BCUT2D eigenvalue weighted by Gasteiger charge is 2.25. The second-order valence-corrected chi connectivity index (χ2v) is 10.9. The zero-order chi connectivity index (χ0) is 29.9. The smallest absolute Gasteiger partial charge is 0.262 e. The van der Waals surface area contributed by atoms with Crippen LogP contribution in [0.4, 0.5) is 0 Å². The molecule has 3 rings (SSSR count). The van der Waals surface area contributed by atoms with Crippen molar-refractivity contribution in [3.8, 4) is 17.2 Å². The summed E-state index contributed by atoms with van der Waals surface area (Å²) in [4.78, 5) is 26.2. The van der Waals surface area contributed by atoms with Crippen LogP contribution in [0.5, 0.6) is 17.2 Å². The Morgan fingerprint density at radius 3 is 2.37 bits per heavy atom. The number of benzene rings is 3. The summed E-state index contributed by atoms with van der Waals surface area (Å²) >= 11 is 15.6. The molecule has 0 radical (unpaired) electrons. The van der Waals surface area contributed by atoms with E-state index in [1.807, 2.05) is 51.1 Å². The van der Waals surface area contributed by atoms with E-state index in [1.54, 1.807) is 31.2 Å². The minimum atomic E-state index is -0.941. The molecule has 0 fully saturated rings. The number of amides is 2. The van der Waals surface area contributed by atoms with Crippen LogP contribution in [-0.4, -0.2) is 42.9 Å². The highest BCUT2D eigenvalue weighted by Crippen LogP contribution is 2.37. The largest absolute Gasteiger partial charge is 0.490 e. The maximum atomic E-state index is 13.2. The predicted molar refractivity (Wildman–Crippen MR) is 165 cm³/mol. The van der Waals surface area contributed by atoms with Crippen molar-refractivity contribution in [2.75, 3.05) is 6.61 Å². The van der Waals surface area contributed by atoms with Crippen molar-refractivity contribution in [2.24, 2.45) is 5.10 Å². The third-order valence-electron chi connectivity index (χ3n) is 5.56. The maximum absolute atomic E-state index is 13.2. The van der Waals surface area contributed by atoms with Gasteiger partial charge >= 0.3 is 0 Å². The zero-order valence-electron chi connectivity index (χ0n) is 23.1. The first-order chi connectivity index (χ1) is 19.6. The second kappa shape index (κ2) is 15.7. The molecule has 8 nitrogen and oxygen atoms in total. The molecule has 41 heavy (non-hydrogen) atoms. The standard InChI is InChI=1S/C30H32BrCl2N3O5/c1-5-39-27-15-21(13-23(31)28(27)40-18(2)3)17-34-36-30(38)25(14-20-9-7-6-8-10-20)35-29(37)19(4)41-26-12-11-22(32)16-24(26)33/h6-13,15-19,25H,5,14H2,1-4H3,(H,35,37)(H,36,38)/b34-17-/t19-,25-/m1/s1. The van der Waals surface area contributed by atoms with E-state index in [1.165, 1.54) is 12.3 Å². The Bertz CT molecular complexity index is 1370. The Hall–Kier alpha value is -3.27. The van der Waals surface area contributed by atoms with E-state index >= 15 is 0 Å². The normalized spacial score (nSPS) is 12.6. The average Bonchev–Trinajstić information content (AvgIpc) is 2.92. The van der Waals surface area contributed by atoms with Crippen molar-refractivity contribution in [1.29, 1.82) is 0 Å². The van der Waals surface area contributed by atoms with Gasteiger partial charge in [0.05, 0.1) is 28.4 Å². The van der Waals surface area contributed by atoms with Gasteiger partial charge in [-0.15, -0.1) is 0 Å². The fourth-order valence-electron chi connectivity index (χ4n) is 3.69. The number of hydrazone groups is 1. The first kappa shape index (κ1) is 32.2. The zero-order valence-corrected chi connectivity index (χ0v) is 26.2. The fourth-order valence-corrected chi connectivity index (χ4v) is 4.69. The van der Waals surface area contributed by atoms with Gasteiger partial charge in [0.1, 0.15) is 11.8 Å². The molecule has 3 aromatic carbocycles. The molecule has 0 spiro atoms. The van der Waals surface area contributed by atoms with Crippen molar-refractivity contribution in [2.45, 2.75) is 52.4 Å². The molecule has 0 unspecified atom stereocenters.